The fourth-order valence-corrected chi connectivity index (χ4v) is 4.20. The third kappa shape index (κ3) is 2.40. The number of hydrogen-bond acceptors (Lipinski definition) is 2. The van der Waals surface area contributed by atoms with Crippen molar-refractivity contribution in [3.63, 3.8) is 0 Å². The van der Waals surface area contributed by atoms with E-state index in [1.54, 1.807) is 0 Å². The van der Waals surface area contributed by atoms with Gasteiger partial charge in [-0.1, -0.05) is 36.4 Å². The van der Waals surface area contributed by atoms with Crippen molar-refractivity contribution < 1.29 is 9.21 Å². The molecule has 2 aromatic carbocycles. The first-order chi connectivity index (χ1) is 13.1. The number of nitrogens with zero attached hydrogens (tertiary/aromatic N) is 2. The van der Waals surface area contributed by atoms with Crippen LogP contribution in [0.3, 0.4) is 0 Å². The Morgan fingerprint density at radius 3 is 2.56 bits per heavy atom. The van der Waals surface area contributed by atoms with Crippen LogP contribution in [0.4, 0.5) is 0 Å². The van der Waals surface area contributed by atoms with Crippen LogP contribution in [-0.2, 0) is 13.6 Å². The number of para-hydroxylation sites is 1. The molecule has 0 aliphatic carbocycles. The van der Waals surface area contributed by atoms with Gasteiger partial charge in [0.05, 0.1) is 12.6 Å². The van der Waals surface area contributed by atoms with Crippen LogP contribution in [-0.4, -0.2) is 15.4 Å². The van der Waals surface area contributed by atoms with E-state index in [1.807, 2.05) is 48.2 Å². The molecule has 0 N–H and O–H groups in total. The van der Waals surface area contributed by atoms with Gasteiger partial charge in [0.2, 0.25) is 0 Å². The maximum absolute atomic E-state index is 13.2. The topological polar surface area (TPSA) is 38.4 Å². The van der Waals surface area contributed by atoms with Crippen LogP contribution in [0.5, 0.6) is 0 Å². The first-order valence-electron chi connectivity index (χ1n) is 9.12. The predicted octanol–water partition coefficient (Wildman–Crippen LogP) is 4.83. The van der Waals surface area contributed by atoms with Crippen molar-refractivity contribution in [2.45, 2.75) is 19.5 Å². The number of aryl methyl sites for hydroxylation is 2. The zero-order chi connectivity index (χ0) is 18.5. The summed E-state index contributed by atoms with van der Waals surface area (Å²) >= 11 is 0. The van der Waals surface area contributed by atoms with Crippen LogP contribution in [0.25, 0.3) is 10.9 Å². The smallest absolute Gasteiger partial charge is 0.255 e. The molecule has 0 radical (unpaired) electrons. The molecule has 4 aromatic rings. The summed E-state index contributed by atoms with van der Waals surface area (Å²) in [5, 5.41) is 1.18. The first kappa shape index (κ1) is 15.9. The number of aromatic nitrogens is 1. The lowest BCUT2D eigenvalue weighted by Gasteiger charge is -2.24. The third-order valence-electron chi connectivity index (χ3n) is 5.40. The highest BCUT2D eigenvalue weighted by molar-refractivity contribution is 6.00. The Kier molecular flexibility index (Phi) is 3.47. The summed E-state index contributed by atoms with van der Waals surface area (Å²) in [5.74, 6) is 1.72. The number of carbonyl (C=O) groups is 1. The summed E-state index contributed by atoms with van der Waals surface area (Å²) in [7, 11) is 2.05. The summed E-state index contributed by atoms with van der Waals surface area (Å²) < 4.78 is 7.90. The van der Waals surface area contributed by atoms with E-state index in [1.165, 1.54) is 5.39 Å². The first-order valence-corrected chi connectivity index (χ1v) is 9.12. The molecular formula is C23H20N2O2. The highest BCUT2D eigenvalue weighted by Crippen LogP contribution is 2.42. The van der Waals surface area contributed by atoms with Crippen molar-refractivity contribution in [2.75, 3.05) is 0 Å². The highest BCUT2D eigenvalue weighted by atomic mass is 16.3. The van der Waals surface area contributed by atoms with Crippen LogP contribution >= 0.6 is 0 Å². The molecule has 1 aliphatic heterocycles. The molecule has 5 rings (SSSR count). The average molecular weight is 356 g/mol. The molecule has 0 saturated carbocycles. The van der Waals surface area contributed by atoms with Crippen LogP contribution < -0.4 is 0 Å². The Labute approximate surface area is 157 Å². The second-order valence-corrected chi connectivity index (χ2v) is 7.15. The second kappa shape index (κ2) is 5.88. The van der Waals surface area contributed by atoms with Crippen LogP contribution in [0.1, 0.15) is 39.0 Å². The van der Waals surface area contributed by atoms with E-state index in [9.17, 15) is 4.79 Å². The quantitative estimate of drug-likeness (QED) is 0.528. The van der Waals surface area contributed by atoms with Gasteiger partial charge in [-0.05, 0) is 36.8 Å². The molecule has 2 aromatic heterocycles. The van der Waals surface area contributed by atoms with Crippen molar-refractivity contribution in [3.8, 4) is 0 Å². The number of furan rings is 1. The van der Waals surface area contributed by atoms with E-state index in [0.29, 0.717) is 6.54 Å². The zero-order valence-electron chi connectivity index (χ0n) is 15.3. The molecule has 4 nitrogen and oxygen atoms in total. The largest absolute Gasteiger partial charge is 0.464 e. The Morgan fingerprint density at radius 1 is 0.963 bits per heavy atom. The van der Waals surface area contributed by atoms with E-state index in [0.717, 1.165) is 33.7 Å². The second-order valence-electron chi connectivity index (χ2n) is 7.15. The monoisotopic (exact) mass is 356 g/mol. The predicted molar refractivity (Wildman–Crippen MR) is 105 cm³/mol. The van der Waals surface area contributed by atoms with Gasteiger partial charge in [0.25, 0.3) is 5.91 Å². The minimum absolute atomic E-state index is 0.0533. The van der Waals surface area contributed by atoms with E-state index in [-0.39, 0.29) is 11.9 Å². The van der Waals surface area contributed by atoms with Gasteiger partial charge < -0.3 is 13.9 Å². The van der Waals surface area contributed by atoms with Crippen molar-refractivity contribution in [1.29, 1.82) is 0 Å². The molecular weight excluding hydrogens is 336 g/mol. The summed E-state index contributed by atoms with van der Waals surface area (Å²) in [6.07, 6.45) is 2.14. The average Bonchev–Trinajstić information content (AvgIpc) is 3.32. The summed E-state index contributed by atoms with van der Waals surface area (Å²) in [5.41, 5.74) is 4.15. The molecule has 0 fully saturated rings. The number of carbonyl (C=O) groups excluding carboxylic acids is 1. The lowest BCUT2D eigenvalue weighted by Crippen LogP contribution is -2.28. The molecule has 1 atom stereocenters. The summed E-state index contributed by atoms with van der Waals surface area (Å²) in [6.45, 7) is 2.38. The molecule has 134 valence electrons. The van der Waals surface area contributed by atoms with Gasteiger partial charge >= 0.3 is 0 Å². The van der Waals surface area contributed by atoms with Crippen molar-refractivity contribution in [2.24, 2.45) is 7.05 Å². The van der Waals surface area contributed by atoms with Gasteiger partial charge in [-0.25, -0.2) is 0 Å². The van der Waals surface area contributed by atoms with Gasteiger partial charge in [-0.3, -0.25) is 4.79 Å². The standard InChI is InChI=1S/C23H20N2O2/c1-15-11-12-16(27-15)13-25-22(18-8-3-4-9-19(18)23(25)26)20-14-24(2)21-10-6-5-7-17(20)21/h3-12,14,22H,13H2,1-2H3. The van der Waals surface area contributed by atoms with Crippen LogP contribution in [0, 0.1) is 6.92 Å². The van der Waals surface area contributed by atoms with Crippen LogP contribution in [0.2, 0.25) is 0 Å². The zero-order valence-corrected chi connectivity index (χ0v) is 15.3. The van der Waals surface area contributed by atoms with Gasteiger partial charge in [0, 0.05) is 35.3 Å². The molecule has 0 spiro atoms. The normalized spacial score (nSPS) is 16.3. The van der Waals surface area contributed by atoms with Gasteiger partial charge in [0.1, 0.15) is 11.5 Å². The Hall–Kier alpha value is -3.27. The molecule has 1 unspecified atom stereocenters. The number of benzene rings is 2. The van der Waals surface area contributed by atoms with Crippen molar-refractivity contribution in [1.82, 2.24) is 9.47 Å². The fraction of sp³-hybridized carbons (Fsp3) is 0.174. The summed E-state index contributed by atoms with van der Waals surface area (Å²) in [6, 6.07) is 20.0. The lowest BCUT2D eigenvalue weighted by molar-refractivity contribution is 0.0723. The number of amides is 1. The maximum Gasteiger partial charge on any atom is 0.255 e. The Bertz CT molecular complexity index is 1170. The fourth-order valence-electron chi connectivity index (χ4n) is 4.20. The molecule has 1 aliphatic rings. The van der Waals surface area contributed by atoms with Gasteiger partial charge in [-0.2, -0.15) is 0 Å². The van der Waals surface area contributed by atoms with Crippen LogP contribution in [0.15, 0.2) is 71.3 Å². The number of hydrogen-bond donors (Lipinski definition) is 0. The van der Waals surface area contributed by atoms with E-state index in [4.69, 9.17) is 4.42 Å². The Balaban J connectivity index is 1.69. The van der Waals surface area contributed by atoms with E-state index < -0.39 is 0 Å². The van der Waals surface area contributed by atoms with Crippen molar-refractivity contribution >= 4 is 16.8 Å². The molecule has 0 bridgehead atoms. The molecule has 27 heavy (non-hydrogen) atoms. The molecule has 1 amide bonds. The van der Waals surface area contributed by atoms with Gasteiger partial charge in [-0.15, -0.1) is 0 Å². The highest BCUT2D eigenvalue weighted by Gasteiger charge is 2.39. The minimum atomic E-state index is -0.120. The maximum atomic E-state index is 13.2. The number of fused-ring (bicyclic) bond motifs is 2. The third-order valence-corrected chi connectivity index (χ3v) is 5.40. The molecule has 3 heterocycles. The van der Waals surface area contributed by atoms with E-state index in [2.05, 4.69) is 42.1 Å². The molecule has 4 heteroatoms. The molecule has 0 saturated heterocycles. The number of rotatable bonds is 3. The Morgan fingerprint density at radius 2 is 1.74 bits per heavy atom. The summed E-state index contributed by atoms with van der Waals surface area (Å²) in [4.78, 5) is 15.1. The van der Waals surface area contributed by atoms with Gasteiger partial charge in [0.15, 0.2) is 0 Å². The minimum Gasteiger partial charge on any atom is -0.464 e. The lowest BCUT2D eigenvalue weighted by atomic mass is 9.97. The van der Waals surface area contributed by atoms with Crippen molar-refractivity contribution in [3.05, 3.63) is 95.1 Å². The van der Waals surface area contributed by atoms with E-state index >= 15 is 0 Å². The SMILES string of the molecule is Cc1ccc(CN2C(=O)c3ccccc3C2c2cn(C)c3ccccc23)o1.